The fourth-order valence-corrected chi connectivity index (χ4v) is 2.64. The number of nitrogens with two attached hydrogens (primary N) is 1. The van der Waals surface area contributed by atoms with Crippen LogP contribution < -0.4 is 15.2 Å². The summed E-state index contributed by atoms with van der Waals surface area (Å²) in [6, 6.07) is 17.8. The predicted octanol–water partition coefficient (Wildman–Crippen LogP) is 4.52. The van der Waals surface area contributed by atoms with E-state index in [2.05, 4.69) is 6.92 Å². The minimum absolute atomic E-state index is 0.0227. The number of ether oxygens (including phenoxy) is 2. The Balaban J connectivity index is 1.69. The number of carbonyl (C=O) groups is 1. The van der Waals surface area contributed by atoms with Gasteiger partial charge in [-0.1, -0.05) is 31.5 Å². The van der Waals surface area contributed by atoms with Gasteiger partial charge in [-0.15, -0.1) is 0 Å². The van der Waals surface area contributed by atoms with Gasteiger partial charge in [0, 0.05) is 5.56 Å². The maximum Gasteiger partial charge on any atom is 0.343 e. The average Bonchev–Trinajstić information content (AvgIpc) is 2.68. The number of hydrogen-bond donors (Lipinski definition) is 2. The van der Waals surface area contributed by atoms with Crippen molar-refractivity contribution in [3.8, 4) is 11.5 Å². The first kappa shape index (κ1) is 18.5. The molecule has 0 aliphatic rings. The van der Waals surface area contributed by atoms with Crippen molar-refractivity contribution in [3.05, 3.63) is 71.8 Å². The van der Waals surface area contributed by atoms with E-state index in [1.54, 1.807) is 42.5 Å². The second-order valence-electron chi connectivity index (χ2n) is 6.25. The molecule has 0 heterocycles. The van der Waals surface area contributed by atoms with E-state index in [1.165, 1.54) is 0 Å². The highest BCUT2D eigenvalue weighted by Gasteiger charge is 2.10. The SMILES string of the molecule is CCCCOc1ccc(C(=O)Oc2ccc3cc(C(=N)N)ccc3c2)cc1. The van der Waals surface area contributed by atoms with Crippen LogP contribution in [0, 0.1) is 5.41 Å². The van der Waals surface area contributed by atoms with Crippen LogP contribution in [-0.2, 0) is 0 Å². The van der Waals surface area contributed by atoms with E-state index in [4.69, 9.17) is 20.6 Å². The van der Waals surface area contributed by atoms with Crippen LogP contribution in [0.15, 0.2) is 60.7 Å². The maximum atomic E-state index is 12.4. The highest BCUT2D eigenvalue weighted by Crippen LogP contribution is 2.23. The highest BCUT2D eigenvalue weighted by molar-refractivity contribution is 5.99. The fraction of sp³-hybridized carbons (Fsp3) is 0.182. The van der Waals surface area contributed by atoms with Crippen molar-refractivity contribution in [2.75, 3.05) is 6.61 Å². The lowest BCUT2D eigenvalue weighted by Gasteiger charge is -2.08. The zero-order chi connectivity index (χ0) is 19.2. The van der Waals surface area contributed by atoms with Crippen molar-refractivity contribution < 1.29 is 14.3 Å². The molecule has 0 amide bonds. The third-order valence-corrected chi connectivity index (χ3v) is 4.19. The van der Waals surface area contributed by atoms with Crippen molar-refractivity contribution in [1.29, 1.82) is 5.41 Å². The minimum atomic E-state index is -0.421. The Labute approximate surface area is 158 Å². The summed E-state index contributed by atoms with van der Waals surface area (Å²) < 4.78 is 11.1. The molecule has 0 radical (unpaired) electrons. The van der Waals surface area contributed by atoms with Crippen LogP contribution in [-0.4, -0.2) is 18.4 Å². The van der Waals surface area contributed by atoms with E-state index in [0.29, 0.717) is 23.5 Å². The first-order valence-electron chi connectivity index (χ1n) is 8.90. The summed E-state index contributed by atoms with van der Waals surface area (Å²) in [5.41, 5.74) is 6.64. The van der Waals surface area contributed by atoms with Gasteiger partial charge in [-0.3, -0.25) is 5.41 Å². The number of amidine groups is 1. The fourth-order valence-electron chi connectivity index (χ4n) is 2.64. The number of esters is 1. The van der Waals surface area contributed by atoms with E-state index in [1.807, 2.05) is 18.2 Å². The molecule has 0 fully saturated rings. The lowest BCUT2D eigenvalue weighted by molar-refractivity contribution is 0.0735. The van der Waals surface area contributed by atoms with Gasteiger partial charge < -0.3 is 15.2 Å². The Bertz CT molecular complexity index is 965. The molecular weight excluding hydrogens is 340 g/mol. The Morgan fingerprint density at radius 1 is 0.926 bits per heavy atom. The molecule has 0 spiro atoms. The number of nitrogens with one attached hydrogen (secondary N) is 1. The minimum Gasteiger partial charge on any atom is -0.494 e. The van der Waals surface area contributed by atoms with E-state index in [0.717, 1.165) is 29.4 Å². The summed E-state index contributed by atoms with van der Waals surface area (Å²) >= 11 is 0. The number of rotatable bonds is 7. The van der Waals surface area contributed by atoms with Gasteiger partial charge in [0.05, 0.1) is 12.2 Å². The smallest absolute Gasteiger partial charge is 0.343 e. The van der Waals surface area contributed by atoms with Crippen molar-refractivity contribution in [1.82, 2.24) is 0 Å². The van der Waals surface area contributed by atoms with Gasteiger partial charge >= 0.3 is 5.97 Å². The van der Waals surface area contributed by atoms with Crippen molar-refractivity contribution in [3.63, 3.8) is 0 Å². The number of nitrogen functional groups attached to an aromatic ring is 1. The molecule has 0 bridgehead atoms. The second kappa shape index (κ2) is 8.36. The number of carbonyl (C=O) groups excluding carboxylic acids is 1. The first-order valence-corrected chi connectivity index (χ1v) is 8.90. The molecule has 3 N–H and O–H groups in total. The van der Waals surface area contributed by atoms with Gasteiger partial charge in [0.1, 0.15) is 17.3 Å². The Morgan fingerprint density at radius 2 is 1.56 bits per heavy atom. The van der Waals surface area contributed by atoms with Crippen LogP contribution in [0.25, 0.3) is 10.8 Å². The quantitative estimate of drug-likeness (QED) is 0.213. The monoisotopic (exact) mass is 362 g/mol. The predicted molar refractivity (Wildman–Crippen MR) is 107 cm³/mol. The maximum absolute atomic E-state index is 12.4. The number of unbranched alkanes of at least 4 members (excludes halogenated alkanes) is 1. The van der Waals surface area contributed by atoms with E-state index in [-0.39, 0.29) is 5.84 Å². The van der Waals surface area contributed by atoms with Crippen LogP contribution in [0.5, 0.6) is 11.5 Å². The molecule has 3 rings (SSSR count). The second-order valence-corrected chi connectivity index (χ2v) is 6.25. The highest BCUT2D eigenvalue weighted by atomic mass is 16.5. The van der Waals surface area contributed by atoms with Crippen LogP contribution in [0.4, 0.5) is 0 Å². The third-order valence-electron chi connectivity index (χ3n) is 4.19. The zero-order valence-corrected chi connectivity index (χ0v) is 15.2. The van der Waals surface area contributed by atoms with Gasteiger partial charge in [-0.25, -0.2) is 4.79 Å². The molecule has 0 aromatic heterocycles. The molecule has 3 aromatic carbocycles. The molecule has 0 saturated heterocycles. The van der Waals surface area contributed by atoms with Crippen LogP contribution in [0.3, 0.4) is 0 Å². The molecule has 138 valence electrons. The summed E-state index contributed by atoms with van der Waals surface area (Å²) in [5, 5.41) is 9.34. The first-order chi connectivity index (χ1) is 13.1. The molecule has 0 aliphatic carbocycles. The Hall–Kier alpha value is -3.34. The zero-order valence-electron chi connectivity index (χ0n) is 15.2. The van der Waals surface area contributed by atoms with Gasteiger partial charge in [0.15, 0.2) is 0 Å². The number of benzene rings is 3. The van der Waals surface area contributed by atoms with Gasteiger partial charge in [0.2, 0.25) is 0 Å². The molecule has 27 heavy (non-hydrogen) atoms. The summed E-state index contributed by atoms with van der Waals surface area (Å²) in [7, 11) is 0. The summed E-state index contributed by atoms with van der Waals surface area (Å²) in [5.74, 6) is 0.808. The largest absolute Gasteiger partial charge is 0.494 e. The van der Waals surface area contributed by atoms with Gasteiger partial charge in [-0.05, 0) is 59.7 Å². The van der Waals surface area contributed by atoms with E-state index in [9.17, 15) is 4.79 Å². The normalized spacial score (nSPS) is 10.6. The molecule has 0 saturated carbocycles. The van der Waals surface area contributed by atoms with Gasteiger partial charge in [0.25, 0.3) is 0 Å². The topological polar surface area (TPSA) is 85.4 Å². The molecule has 5 heteroatoms. The molecular formula is C22H22N2O3. The number of fused-ring (bicyclic) bond motifs is 1. The Morgan fingerprint density at radius 3 is 2.26 bits per heavy atom. The van der Waals surface area contributed by atoms with Crippen LogP contribution in [0.1, 0.15) is 35.7 Å². The summed E-state index contributed by atoms with van der Waals surface area (Å²) in [6.45, 7) is 2.78. The molecule has 0 atom stereocenters. The summed E-state index contributed by atoms with van der Waals surface area (Å²) in [6.07, 6.45) is 2.08. The van der Waals surface area contributed by atoms with Crippen molar-refractivity contribution in [2.24, 2.45) is 5.73 Å². The Kier molecular flexibility index (Phi) is 5.71. The van der Waals surface area contributed by atoms with Crippen molar-refractivity contribution >= 4 is 22.6 Å². The molecule has 5 nitrogen and oxygen atoms in total. The lowest BCUT2D eigenvalue weighted by atomic mass is 10.1. The third kappa shape index (κ3) is 4.64. The van der Waals surface area contributed by atoms with Crippen LogP contribution >= 0.6 is 0 Å². The lowest BCUT2D eigenvalue weighted by Crippen LogP contribution is -2.10. The van der Waals surface area contributed by atoms with E-state index < -0.39 is 5.97 Å². The molecule has 0 unspecified atom stereocenters. The molecule has 3 aromatic rings. The van der Waals surface area contributed by atoms with Crippen LogP contribution in [0.2, 0.25) is 0 Å². The van der Waals surface area contributed by atoms with Gasteiger partial charge in [-0.2, -0.15) is 0 Å². The number of hydrogen-bond acceptors (Lipinski definition) is 4. The summed E-state index contributed by atoms with van der Waals surface area (Å²) in [4.78, 5) is 12.4. The average molecular weight is 362 g/mol. The van der Waals surface area contributed by atoms with Crippen molar-refractivity contribution in [2.45, 2.75) is 19.8 Å². The molecule has 0 aliphatic heterocycles. The standard InChI is InChI=1S/C22H22N2O3/c1-2-3-12-26-19-9-6-15(7-10-19)22(25)27-20-11-8-16-13-18(21(23)24)5-4-17(16)14-20/h4-11,13-14H,2-3,12H2,1H3,(H3,23,24). The van der Waals surface area contributed by atoms with E-state index >= 15 is 0 Å².